The van der Waals surface area contributed by atoms with Gasteiger partial charge in [-0.1, -0.05) is 19.3 Å². The second-order valence-electron chi connectivity index (χ2n) is 10.3. The van der Waals surface area contributed by atoms with Crippen LogP contribution in [0, 0.1) is 5.92 Å². The van der Waals surface area contributed by atoms with E-state index in [1.54, 1.807) is 0 Å². The number of anilines is 1. The summed E-state index contributed by atoms with van der Waals surface area (Å²) in [5, 5.41) is 16.0. The fourth-order valence-electron chi connectivity index (χ4n) is 5.44. The zero-order valence-corrected chi connectivity index (χ0v) is 20.8. The molecular weight excluding hydrogens is 491 g/mol. The molecule has 2 heterocycles. The number of amides is 3. The summed E-state index contributed by atoms with van der Waals surface area (Å²) in [5.74, 6) is 0.490. The lowest BCUT2D eigenvalue weighted by Gasteiger charge is -2.44. The van der Waals surface area contributed by atoms with Gasteiger partial charge in [0.2, 0.25) is 5.91 Å². The second kappa shape index (κ2) is 12.4. The molecule has 4 rings (SSSR count). The maximum absolute atomic E-state index is 13.1. The summed E-state index contributed by atoms with van der Waals surface area (Å²) >= 11 is 0. The van der Waals surface area contributed by atoms with Crippen LogP contribution < -0.4 is 10.6 Å². The van der Waals surface area contributed by atoms with E-state index < -0.39 is 36.0 Å². The van der Waals surface area contributed by atoms with E-state index in [-0.39, 0.29) is 43.9 Å². The summed E-state index contributed by atoms with van der Waals surface area (Å²) in [7, 11) is 0. The SMILES string of the molecule is O=C(C[C@H]1CC[C@H]2[C@@H](COC[C@H](O)CN2C(=O)Nc2ccc(C(F)(F)F)cc2)O1)NCC1CCCCC1. The molecule has 0 unspecified atom stereocenters. The third-order valence-corrected chi connectivity index (χ3v) is 7.43. The molecule has 0 bridgehead atoms. The number of carbonyl (C=O) groups is 2. The molecule has 3 N–H and O–H groups in total. The average molecular weight is 528 g/mol. The lowest BCUT2D eigenvalue weighted by atomic mass is 9.89. The maximum atomic E-state index is 13.1. The molecule has 8 nitrogen and oxygen atoms in total. The van der Waals surface area contributed by atoms with Crippen LogP contribution in [0.15, 0.2) is 24.3 Å². The fourth-order valence-corrected chi connectivity index (χ4v) is 5.44. The van der Waals surface area contributed by atoms with E-state index in [2.05, 4.69) is 10.6 Å². The van der Waals surface area contributed by atoms with Crippen molar-refractivity contribution < 1.29 is 37.3 Å². The van der Waals surface area contributed by atoms with E-state index in [4.69, 9.17) is 9.47 Å². The van der Waals surface area contributed by atoms with Crippen molar-refractivity contribution in [3.8, 4) is 0 Å². The van der Waals surface area contributed by atoms with Crippen molar-refractivity contribution >= 4 is 17.6 Å². The normalized spacial score (nSPS) is 27.5. The van der Waals surface area contributed by atoms with Gasteiger partial charge in [-0.3, -0.25) is 4.79 Å². The predicted octanol–water partition coefficient (Wildman–Crippen LogP) is 3.93. The van der Waals surface area contributed by atoms with Crippen molar-refractivity contribution in [2.75, 3.05) is 31.6 Å². The molecule has 3 aliphatic rings. The van der Waals surface area contributed by atoms with Gasteiger partial charge in [-0.15, -0.1) is 0 Å². The molecule has 4 atom stereocenters. The molecule has 3 fully saturated rings. The first-order chi connectivity index (χ1) is 17.7. The van der Waals surface area contributed by atoms with Crippen LogP contribution in [0.5, 0.6) is 0 Å². The molecule has 2 aliphatic heterocycles. The molecule has 0 aromatic heterocycles. The highest BCUT2D eigenvalue weighted by Crippen LogP contribution is 2.31. The molecule has 206 valence electrons. The third kappa shape index (κ3) is 7.81. The number of nitrogens with zero attached hydrogens (tertiary/aromatic N) is 1. The van der Waals surface area contributed by atoms with Crippen molar-refractivity contribution in [2.24, 2.45) is 5.92 Å². The molecule has 1 aromatic carbocycles. The number of benzene rings is 1. The number of urea groups is 1. The second-order valence-corrected chi connectivity index (χ2v) is 10.3. The van der Waals surface area contributed by atoms with Crippen molar-refractivity contribution in [2.45, 2.75) is 81.9 Å². The number of ether oxygens (including phenoxy) is 2. The fraction of sp³-hybridized carbons (Fsp3) is 0.692. The van der Waals surface area contributed by atoms with E-state index in [1.807, 2.05) is 0 Å². The van der Waals surface area contributed by atoms with Crippen LogP contribution in [-0.4, -0.2) is 72.6 Å². The van der Waals surface area contributed by atoms with E-state index in [9.17, 15) is 27.9 Å². The number of β-amino-alcohol motifs (C(OH)–C–C–N with tert-alkyl or cyclic N) is 1. The number of nitrogens with one attached hydrogen (secondary N) is 2. The van der Waals surface area contributed by atoms with Crippen LogP contribution >= 0.6 is 0 Å². The molecule has 2 saturated heterocycles. The van der Waals surface area contributed by atoms with Gasteiger partial charge in [0.15, 0.2) is 0 Å². The molecule has 1 aliphatic carbocycles. The summed E-state index contributed by atoms with van der Waals surface area (Å²) in [6.45, 7) is 0.856. The molecule has 3 amide bonds. The van der Waals surface area contributed by atoms with Gasteiger partial charge in [0, 0.05) is 12.2 Å². The van der Waals surface area contributed by atoms with Gasteiger partial charge in [0.25, 0.3) is 0 Å². The number of hydrogen-bond acceptors (Lipinski definition) is 5. The van der Waals surface area contributed by atoms with Crippen molar-refractivity contribution in [1.82, 2.24) is 10.2 Å². The minimum atomic E-state index is -4.47. The Labute approximate surface area is 214 Å². The summed E-state index contributed by atoms with van der Waals surface area (Å²) in [6, 6.07) is 3.25. The van der Waals surface area contributed by atoms with Crippen LogP contribution in [-0.2, 0) is 20.4 Å². The Morgan fingerprint density at radius 1 is 1.03 bits per heavy atom. The van der Waals surface area contributed by atoms with Gasteiger partial charge in [0.1, 0.15) is 6.10 Å². The number of aliphatic hydroxyl groups is 1. The van der Waals surface area contributed by atoms with Gasteiger partial charge in [-0.25, -0.2) is 4.79 Å². The Hall–Kier alpha value is -2.37. The van der Waals surface area contributed by atoms with Crippen LogP contribution in [0.3, 0.4) is 0 Å². The first-order valence-electron chi connectivity index (χ1n) is 13.1. The van der Waals surface area contributed by atoms with Crippen LogP contribution in [0.1, 0.15) is 56.9 Å². The highest BCUT2D eigenvalue weighted by atomic mass is 19.4. The lowest BCUT2D eigenvalue weighted by Crippen LogP contribution is -2.58. The highest BCUT2D eigenvalue weighted by molar-refractivity contribution is 5.89. The van der Waals surface area contributed by atoms with Gasteiger partial charge >= 0.3 is 12.2 Å². The summed E-state index contributed by atoms with van der Waals surface area (Å²) in [5.41, 5.74) is -0.592. The van der Waals surface area contributed by atoms with Crippen molar-refractivity contribution in [3.05, 3.63) is 29.8 Å². The molecular formula is C26H36F3N3O5. The molecule has 0 spiro atoms. The highest BCUT2D eigenvalue weighted by Gasteiger charge is 2.40. The smallest absolute Gasteiger partial charge is 0.389 e. The van der Waals surface area contributed by atoms with Gasteiger partial charge in [-0.05, 0) is 55.9 Å². The Morgan fingerprint density at radius 2 is 1.76 bits per heavy atom. The largest absolute Gasteiger partial charge is 0.416 e. The number of alkyl halides is 3. The Bertz CT molecular complexity index is 908. The summed E-state index contributed by atoms with van der Waals surface area (Å²) in [6.07, 6.45) is 1.15. The van der Waals surface area contributed by atoms with Crippen molar-refractivity contribution in [3.63, 3.8) is 0 Å². The first-order valence-corrected chi connectivity index (χ1v) is 13.1. The Kier molecular flexibility index (Phi) is 9.31. The average Bonchev–Trinajstić information content (AvgIpc) is 2.86. The predicted molar refractivity (Wildman–Crippen MR) is 130 cm³/mol. The summed E-state index contributed by atoms with van der Waals surface area (Å²) < 4.78 is 50.3. The van der Waals surface area contributed by atoms with Crippen LogP contribution in [0.2, 0.25) is 0 Å². The number of aliphatic hydroxyl groups excluding tert-OH is 1. The van der Waals surface area contributed by atoms with Gasteiger partial charge in [0.05, 0.1) is 50.0 Å². The van der Waals surface area contributed by atoms with E-state index in [0.29, 0.717) is 25.3 Å². The standard InChI is InChI=1S/C26H36F3N3O5/c27-26(28,29)18-6-8-19(9-7-18)31-25(35)32-14-20(33)15-36-16-23-22(32)11-10-21(37-23)12-24(34)30-13-17-4-2-1-3-5-17/h6-9,17,20-23,33H,1-5,10-16H2,(H,30,34)(H,31,35)/t20-,21-,22+,23-/m1/s1. The quantitative estimate of drug-likeness (QED) is 0.539. The Balaban J connectivity index is 1.34. The van der Waals surface area contributed by atoms with Crippen LogP contribution in [0.4, 0.5) is 23.7 Å². The number of fused-ring (bicyclic) bond motifs is 1. The van der Waals surface area contributed by atoms with Gasteiger partial charge < -0.3 is 30.1 Å². The zero-order valence-electron chi connectivity index (χ0n) is 20.8. The number of halogens is 3. The minimum absolute atomic E-state index is 0.0104. The van der Waals surface area contributed by atoms with E-state index >= 15 is 0 Å². The summed E-state index contributed by atoms with van der Waals surface area (Å²) in [4.78, 5) is 27.1. The zero-order chi connectivity index (χ0) is 26.4. The topological polar surface area (TPSA) is 100 Å². The number of rotatable bonds is 5. The number of hydrogen-bond donors (Lipinski definition) is 3. The molecule has 0 radical (unpaired) electrons. The van der Waals surface area contributed by atoms with E-state index in [1.165, 1.54) is 36.3 Å². The van der Waals surface area contributed by atoms with Gasteiger partial charge in [-0.2, -0.15) is 13.2 Å². The monoisotopic (exact) mass is 527 g/mol. The first kappa shape index (κ1) is 27.7. The molecule has 1 aromatic rings. The molecule has 1 saturated carbocycles. The third-order valence-electron chi connectivity index (χ3n) is 7.43. The van der Waals surface area contributed by atoms with Crippen LogP contribution in [0.25, 0.3) is 0 Å². The molecule has 37 heavy (non-hydrogen) atoms. The lowest BCUT2D eigenvalue weighted by molar-refractivity contribution is -0.149. The number of carbonyl (C=O) groups excluding carboxylic acids is 2. The Morgan fingerprint density at radius 3 is 2.46 bits per heavy atom. The molecule has 11 heteroatoms. The van der Waals surface area contributed by atoms with E-state index in [0.717, 1.165) is 25.0 Å². The minimum Gasteiger partial charge on any atom is -0.389 e. The maximum Gasteiger partial charge on any atom is 0.416 e. The van der Waals surface area contributed by atoms with Crippen molar-refractivity contribution in [1.29, 1.82) is 0 Å².